The van der Waals surface area contributed by atoms with Crippen LogP contribution in [0.4, 0.5) is 0 Å². The van der Waals surface area contributed by atoms with E-state index in [1.807, 2.05) is 24.3 Å². The molecule has 2 aliphatic rings. The van der Waals surface area contributed by atoms with Crippen molar-refractivity contribution in [1.29, 1.82) is 0 Å². The molecule has 1 aromatic heterocycles. The maximum absolute atomic E-state index is 12.9. The summed E-state index contributed by atoms with van der Waals surface area (Å²) in [4.78, 5) is 12.9. The van der Waals surface area contributed by atoms with Crippen molar-refractivity contribution in [1.82, 2.24) is 20.1 Å². The molecule has 3 aromatic rings. The monoisotopic (exact) mass is 494 g/mol. The second kappa shape index (κ2) is 10.3. The molecule has 2 aromatic carbocycles. The van der Waals surface area contributed by atoms with E-state index in [-0.39, 0.29) is 23.9 Å². The van der Waals surface area contributed by atoms with Crippen molar-refractivity contribution >= 4 is 17.7 Å². The van der Waals surface area contributed by atoms with Gasteiger partial charge < -0.3 is 24.1 Å². The molecule has 1 amide bonds. The van der Waals surface area contributed by atoms with E-state index in [1.165, 1.54) is 11.8 Å². The zero-order valence-corrected chi connectivity index (χ0v) is 20.9. The summed E-state index contributed by atoms with van der Waals surface area (Å²) in [5, 5.41) is 12.7. The van der Waals surface area contributed by atoms with Gasteiger partial charge in [0.25, 0.3) is 0 Å². The minimum atomic E-state index is -0.193. The van der Waals surface area contributed by atoms with Crippen molar-refractivity contribution in [3.8, 4) is 22.9 Å². The lowest BCUT2D eigenvalue weighted by Gasteiger charge is -2.38. The molecule has 0 unspecified atom stereocenters. The number of ether oxygens (including phenoxy) is 3. The summed E-state index contributed by atoms with van der Waals surface area (Å²) >= 11 is 1.41. The summed E-state index contributed by atoms with van der Waals surface area (Å²) in [7, 11) is 0. The summed E-state index contributed by atoms with van der Waals surface area (Å²) in [6.07, 6.45) is 1.67. The van der Waals surface area contributed by atoms with Gasteiger partial charge in [0.05, 0.1) is 5.75 Å². The summed E-state index contributed by atoms with van der Waals surface area (Å²) in [5.41, 5.74) is 3.16. The van der Waals surface area contributed by atoms with Gasteiger partial charge in [-0.3, -0.25) is 4.79 Å². The highest BCUT2D eigenvalue weighted by Crippen LogP contribution is 2.40. The maximum Gasteiger partial charge on any atom is 0.231 e. The van der Waals surface area contributed by atoms with Crippen molar-refractivity contribution in [3.63, 3.8) is 0 Å². The van der Waals surface area contributed by atoms with Crippen LogP contribution in [-0.4, -0.2) is 53.0 Å². The summed E-state index contributed by atoms with van der Waals surface area (Å²) in [5.74, 6) is 2.61. The van der Waals surface area contributed by atoms with E-state index in [4.69, 9.17) is 14.2 Å². The minimum Gasteiger partial charge on any atom is -0.454 e. The van der Waals surface area contributed by atoms with Crippen LogP contribution in [0.15, 0.2) is 47.6 Å². The predicted octanol–water partition coefficient (Wildman–Crippen LogP) is 3.96. The van der Waals surface area contributed by atoms with Gasteiger partial charge in [0, 0.05) is 37.3 Å². The standard InChI is InChI=1S/C26H30N4O4S/c1-3-30-24(20-7-5-4-6-18(20)2)28-29-25(30)35-15-23(31)27-16-26(10-12-32-13-11-26)19-8-9-21-22(14-19)34-17-33-21/h4-9,14H,3,10-13,15-17H2,1-2H3,(H,27,31). The number of hydrogen-bond donors (Lipinski definition) is 1. The van der Waals surface area contributed by atoms with Crippen LogP contribution in [0.25, 0.3) is 11.4 Å². The highest BCUT2D eigenvalue weighted by molar-refractivity contribution is 7.99. The number of rotatable bonds is 8. The van der Waals surface area contributed by atoms with Crippen LogP contribution in [0.2, 0.25) is 0 Å². The molecule has 0 spiro atoms. The lowest BCUT2D eigenvalue weighted by molar-refractivity contribution is -0.119. The SMILES string of the molecule is CCn1c(SCC(=O)NCC2(c3ccc4c(c3)OCO4)CCOCC2)nnc1-c1ccccc1C. The molecule has 1 saturated heterocycles. The number of benzene rings is 2. The van der Waals surface area contributed by atoms with E-state index < -0.39 is 0 Å². The van der Waals surface area contributed by atoms with Gasteiger partial charge in [0.2, 0.25) is 12.7 Å². The predicted molar refractivity (Wildman–Crippen MR) is 134 cm³/mol. The van der Waals surface area contributed by atoms with Crippen LogP contribution >= 0.6 is 11.8 Å². The smallest absolute Gasteiger partial charge is 0.231 e. The first-order chi connectivity index (χ1) is 17.1. The number of carbonyl (C=O) groups is 1. The summed E-state index contributed by atoms with van der Waals surface area (Å²) in [6, 6.07) is 14.2. The fraction of sp³-hybridized carbons (Fsp3) is 0.423. The molecule has 5 rings (SSSR count). The Morgan fingerprint density at radius 1 is 1.11 bits per heavy atom. The molecule has 0 radical (unpaired) electrons. The number of fused-ring (bicyclic) bond motifs is 1. The Balaban J connectivity index is 1.25. The molecule has 8 nitrogen and oxygen atoms in total. The fourth-order valence-corrected chi connectivity index (χ4v) is 5.54. The lowest BCUT2D eigenvalue weighted by atomic mass is 9.74. The van der Waals surface area contributed by atoms with Crippen molar-refractivity contribution in [2.75, 3.05) is 32.3 Å². The van der Waals surface area contributed by atoms with Crippen molar-refractivity contribution < 1.29 is 19.0 Å². The average molecular weight is 495 g/mol. The fourth-order valence-electron chi connectivity index (χ4n) is 4.71. The van der Waals surface area contributed by atoms with E-state index in [0.29, 0.717) is 19.8 Å². The molecule has 0 saturated carbocycles. The second-order valence-electron chi connectivity index (χ2n) is 8.89. The minimum absolute atomic E-state index is 0.0234. The maximum atomic E-state index is 12.9. The first-order valence-electron chi connectivity index (χ1n) is 12.0. The van der Waals surface area contributed by atoms with Gasteiger partial charge in [0.15, 0.2) is 22.5 Å². The highest BCUT2D eigenvalue weighted by Gasteiger charge is 2.36. The molecular weight excluding hydrogens is 464 g/mol. The van der Waals surface area contributed by atoms with Gasteiger partial charge in [0.1, 0.15) is 0 Å². The summed E-state index contributed by atoms with van der Waals surface area (Å²) in [6.45, 7) is 6.99. The van der Waals surface area contributed by atoms with E-state index in [0.717, 1.165) is 58.6 Å². The molecule has 35 heavy (non-hydrogen) atoms. The number of aryl methyl sites for hydroxylation is 1. The third kappa shape index (κ3) is 4.88. The molecule has 3 heterocycles. The summed E-state index contributed by atoms with van der Waals surface area (Å²) < 4.78 is 18.8. The molecule has 0 bridgehead atoms. The molecule has 1 fully saturated rings. The van der Waals surface area contributed by atoms with Gasteiger partial charge in [-0.15, -0.1) is 10.2 Å². The Morgan fingerprint density at radius 3 is 2.71 bits per heavy atom. The number of nitrogens with one attached hydrogen (secondary N) is 1. The molecule has 2 aliphatic heterocycles. The lowest BCUT2D eigenvalue weighted by Crippen LogP contribution is -2.45. The van der Waals surface area contributed by atoms with Gasteiger partial charge in [-0.05, 0) is 49.9 Å². The van der Waals surface area contributed by atoms with Crippen molar-refractivity contribution in [2.45, 2.75) is 43.8 Å². The van der Waals surface area contributed by atoms with Crippen LogP contribution in [0.3, 0.4) is 0 Å². The molecule has 0 aliphatic carbocycles. The topological polar surface area (TPSA) is 87.5 Å². The molecule has 0 atom stereocenters. The number of thioether (sulfide) groups is 1. The van der Waals surface area contributed by atoms with Crippen molar-refractivity contribution in [2.24, 2.45) is 0 Å². The first-order valence-corrected chi connectivity index (χ1v) is 12.9. The zero-order chi connectivity index (χ0) is 24.3. The number of carbonyl (C=O) groups excluding carboxylic acids is 1. The Bertz CT molecular complexity index is 1210. The van der Waals surface area contributed by atoms with E-state index in [2.05, 4.69) is 52.1 Å². The van der Waals surface area contributed by atoms with E-state index in [1.54, 1.807) is 0 Å². The number of amides is 1. The third-order valence-corrected chi connectivity index (χ3v) is 7.78. The van der Waals surface area contributed by atoms with Crippen LogP contribution in [-0.2, 0) is 21.5 Å². The van der Waals surface area contributed by atoms with Gasteiger partial charge in [-0.2, -0.15) is 0 Å². The number of aromatic nitrogens is 3. The highest BCUT2D eigenvalue weighted by atomic mass is 32.2. The average Bonchev–Trinajstić information content (AvgIpc) is 3.53. The molecule has 184 valence electrons. The van der Waals surface area contributed by atoms with Gasteiger partial charge in [-0.25, -0.2) is 0 Å². The Labute approximate surface area is 209 Å². The van der Waals surface area contributed by atoms with E-state index >= 15 is 0 Å². The Hall–Kier alpha value is -3.04. The van der Waals surface area contributed by atoms with Crippen LogP contribution < -0.4 is 14.8 Å². The van der Waals surface area contributed by atoms with Gasteiger partial charge in [-0.1, -0.05) is 42.1 Å². The quantitative estimate of drug-likeness (QED) is 0.474. The third-order valence-electron chi connectivity index (χ3n) is 6.81. The second-order valence-corrected chi connectivity index (χ2v) is 9.83. The van der Waals surface area contributed by atoms with Gasteiger partial charge >= 0.3 is 0 Å². The molecule has 1 N–H and O–H groups in total. The molecular formula is C26H30N4O4S. The first kappa shape index (κ1) is 23.7. The number of hydrogen-bond acceptors (Lipinski definition) is 7. The molecule has 9 heteroatoms. The van der Waals surface area contributed by atoms with Crippen LogP contribution in [0, 0.1) is 6.92 Å². The number of nitrogens with zero attached hydrogens (tertiary/aromatic N) is 3. The zero-order valence-electron chi connectivity index (χ0n) is 20.1. The Morgan fingerprint density at radius 2 is 1.91 bits per heavy atom. The van der Waals surface area contributed by atoms with Crippen LogP contribution in [0.5, 0.6) is 11.5 Å². The van der Waals surface area contributed by atoms with Crippen molar-refractivity contribution in [3.05, 3.63) is 53.6 Å². The van der Waals surface area contributed by atoms with E-state index in [9.17, 15) is 4.79 Å². The largest absolute Gasteiger partial charge is 0.454 e. The van der Waals surface area contributed by atoms with Crippen LogP contribution in [0.1, 0.15) is 30.9 Å². The normalized spacial score (nSPS) is 16.3. The Kier molecular flexibility index (Phi) is 6.97.